The summed E-state index contributed by atoms with van der Waals surface area (Å²) in [7, 11) is 1.70. The number of hydrogen-bond donors (Lipinski definition) is 0. The van der Waals surface area contributed by atoms with Gasteiger partial charge in [-0.1, -0.05) is 6.92 Å². The lowest BCUT2D eigenvalue weighted by molar-refractivity contribution is -0.141. The van der Waals surface area contributed by atoms with Crippen LogP contribution in [0.2, 0.25) is 0 Å². The fourth-order valence-electron chi connectivity index (χ4n) is 2.51. The topological polar surface area (TPSA) is 76.6 Å². The van der Waals surface area contributed by atoms with Gasteiger partial charge < -0.3 is 9.30 Å². The molecule has 0 radical (unpaired) electrons. The lowest BCUT2D eigenvalue weighted by atomic mass is 10.3. The molecule has 0 aliphatic rings. The first-order valence-electron chi connectivity index (χ1n) is 7.87. The van der Waals surface area contributed by atoms with Crippen LogP contribution >= 0.6 is 11.8 Å². The molecule has 0 bridgehead atoms. The quantitative estimate of drug-likeness (QED) is 0.609. The van der Waals surface area contributed by atoms with Crippen molar-refractivity contribution in [3.05, 3.63) is 30.2 Å². The van der Waals surface area contributed by atoms with Crippen molar-refractivity contribution in [3.63, 3.8) is 0 Å². The van der Waals surface area contributed by atoms with Gasteiger partial charge in [0, 0.05) is 11.9 Å². The Labute approximate surface area is 157 Å². The number of rotatable bonds is 5. The summed E-state index contributed by atoms with van der Waals surface area (Å²) < 4.78 is 45.7. The van der Waals surface area contributed by atoms with Crippen molar-refractivity contribution in [1.29, 1.82) is 5.26 Å². The van der Waals surface area contributed by atoms with Crippen molar-refractivity contribution in [2.75, 3.05) is 12.4 Å². The second kappa shape index (κ2) is 7.44. The molecule has 0 unspecified atom stereocenters. The number of aryl methyl sites for hydroxylation is 1. The predicted molar refractivity (Wildman–Crippen MR) is 94.2 cm³/mol. The highest BCUT2D eigenvalue weighted by Gasteiger charge is 2.33. The third-order valence-electron chi connectivity index (χ3n) is 3.70. The van der Waals surface area contributed by atoms with Gasteiger partial charge in [-0.25, -0.2) is 15.0 Å². The first kappa shape index (κ1) is 19.0. The van der Waals surface area contributed by atoms with E-state index in [1.807, 2.05) is 13.0 Å². The minimum Gasteiger partial charge on any atom is -0.477 e. The smallest absolute Gasteiger partial charge is 0.433 e. The van der Waals surface area contributed by atoms with Gasteiger partial charge in [-0.05, 0) is 17.9 Å². The molecule has 0 saturated heterocycles. The highest BCUT2D eigenvalue weighted by molar-refractivity contribution is 7.99. The molecular weight excluding hydrogens is 379 g/mol. The van der Waals surface area contributed by atoms with Gasteiger partial charge in [0.15, 0.2) is 12.4 Å². The van der Waals surface area contributed by atoms with Gasteiger partial charge in [0.1, 0.15) is 23.2 Å². The standard InChI is InChI=1S/C17H14F3N5OS/c1-3-27-13-6-10(26-5-4-21)8-23-15(13)16-24-11-7-14(17(18,19)20)22-9-12(11)25(16)2/h6-9H,3,5H2,1-2H3. The van der Waals surface area contributed by atoms with Crippen LogP contribution in [0.3, 0.4) is 0 Å². The molecule has 0 aromatic carbocycles. The lowest BCUT2D eigenvalue weighted by Gasteiger charge is -2.10. The van der Waals surface area contributed by atoms with Crippen molar-refractivity contribution in [3.8, 4) is 23.3 Å². The third-order valence-corrected chi connectivity index (χ3v) is 4.61. The molecule has 0 fully saturated rings. The zero-order valence-electron chi connectivity index (χ0n) is 14.4. The number of halogens is 3. The second-order valence-electron chi connectivity index (χ2n) is 5.45. The summed E-state index contributed by atoms with van der Waals surface area (Å²) in [6, 6.07) is 4.56. The molecule has 0 amide bonds. The summed E-state index contributed by atoms with van der Waals surface area (Å²) in [5.74, 6) is 1.62. The van der Waals surface area contributed by atoms with E-state index in [-0.39, 0.29) is 12.1 Å². The van der Waals surface area contributed by atoms with E-state index in [0.717, 1.165) is 22.9 Å². The molecule has 0 saturated carbocycles. The van der Waals surface area contributed by atoms with Crippen LogP contribution in [-0.4, -0.2) is 31.9 Å². The number of fused-ring (bicyclic) bond motifs is 1. The van der Waals surface area contributed by atoms with Crippen LogP contribution in [0.5, 0.6) is 5.75 Å². The molecule has 3 rings (SSSR count). The first-order valence-corrected chi connectivity index (χ1v) is 8.86. The van der Waals surface area contributed by atoms with Gasteiger partial charge >= 0.3 is 6.18 Å². The number of nitriles is 1. The second-order valence-corrected chi connectivity index (χ2v) is 6.75. The van der Waals surface area contributed by atoms with Crippen LogP contribution in [0.1, 0.15) is 12.6 Å². The largest absolute Gasteiger partial charge is 0.477 e. The van der Waals surface area contributed by atoms with Gasteiger partial charge in [0.25, 0.3) is 0 Å². The monoisotopic (exact) mass is 393 g/mol. The van der Waals surface area contributed by atoms with E-state index in [2.05, 4.69) is 15.0 Å². The van der Waals surface area contributed by atoms with Gasteiger partial charge in [-0.3, -0.25) is 0 Å². The maximum absolute atomic E-state index is 12.9. The first-order chi connectivity index (χ1) is 12.8. The SMILES string of the molecule is CCSc1cc(OCC#N)cnc1-c1nc2cc(C(F)(F)F)ncc2n1C. The molecule has 0 aliphatic carbocycles. The van der Waals surface area contributed by atoms with Crippen LogP contribution in [-0.2, 0) is 13.2 Å². The van der Waals surface area contributed by atoms with E-state index < -0.39 is 11.9 Å². The van der Waals surface area contributed by atoms with E-state index in [0.29, 0.717) is 22.8 Å². The summed E-state index contributed by atoms with van der Waals surface area (Å²) in [6.07, 6.45) is -1.91. The Morgan fingerprint density at radius 2 is 2.04 bits per heavy atom. The fraction of sp³-hybridized carbons (Fsp3) is 0.294. The van der Waals surface area contributed by atoms with Crippen LogP contribution < -0.4 is 4.74 Å². The van der Waals surface area contributed by atoms with E-state index in [9.17, 15) is 13.2 Å². The Morgan fingerprint density at radius 3 is 2.70 bits per heavy atom. The molecule has 0 spiro atoms. The Kier molecular flexibility index (Phi) is 5.23. The zero-order chi connectivity index (χ0) is 19.6. The van der Waals surface area contributed by atoms with Crippen LogP contribution in [0.4, 0.5) is 13.2 Å². The normalized spacial score (nSPS) is 11.6. The van der Waals surface area contributed by atoms with Crippen molar-refractivity contribution in [2.24, 2.45) is 7.05 Å². The molecule has 3 heterocycles. The zero-order valence-corrected chi connectivity index (χ0v) is 15.2. The number of aromatic nitrogens is 4. The van der Waals surface area contributed by atoms with Crippen molar-refractivity contribution < 1.29 is 17.9 Å². The molecule has 3 aromatic rings. The summed E-state index contributed by atoms with van der Waals surface area (Å²) in [5.41, 5.74) is 0.195. The third kappa shape index (κ3) is 3.83. The molecule has 3 aromatic heterocycles. The van der Waals surface area contributed by atoms with Crippen molar-refractivity contribution in [2.45, 2.75) is 18.0 Å². The van der Waals surface area contributed by atoms with Crippen LogP contribution in [0, 0.1) is 11.3 Å². The van der Waals surface area contributed by atoms with Gasteiger partial charge in [-0.15, -0.1) is 11.8 Å². The summed E-state index contributed by atoms with van der Waals surface area (Å²) in [6.45, 7) is 1.86. The highest BCUT2D eigenvalue weighted by atomic mass is 32.2. The summed E-state index contributed by atoms with van der Waals surface area (Å²) in [5, 5.41) is 8.63. The number of thioether (sulfide) groups is 1. The maximum Gasteiger partial charge on any atom is 0.433 e. The van der Waals surface area contributed by atoms with E-state index in [1.54, 1.807) is 17.7 Å². The van der Waals surface area contributed by atoms with Crippen LogP contribution in [0.15, 0.2) is 29.4 Å². The minimum absolute atomic E-state index is 0.102. The predicted octanol–water partition coefficient (Wildman–Crippen LogP) is 4.06. The number of imidazole rings is 1. The molecule has 10 heteroatoms. The van der Waals surface area contributed by atoms with E-state index in [1.165, 1.54) is 18.0 Å². The van der Waals surface area contributed by atoms with Crippen molar-refractivity contribution >= 4 is 22.8 Å². The van der Waals surface area contributed by atoms with Crippen molar-refractivity contribution in [1.82, 2.24) is 19.5 Å². The molecule has 27 heavy (non-hydrogen) atoms. The van der Waals surface area contributed by atoms with E-state index in [4.69, 9.17) is 10.00 Å². The number of alkyl halides is 3. The molecule has 0 N–H and O–H groups in total. The van der Waals surface area contributed by atoms with Gasteiger partial charge in [0.2, 0.25) is 0 Å². The average molecular weight is 393 g/mol. The Morgan fingerprint density at radius 1 is 1.26 bits per heavy atom. The minimum atomic E-state index is -4.53. The lowest BCUT2D eigenvalue weighted by Crippen LogP contribution is -2.07. The Balaban J connectivity index is 2.11. The number of ether oxygens (including phenoxy) is 1. The molecule has 0 aliphatic heterocycles. The maximum atomic E-state index is 12.9. The van der Waals surface area contributed by atoms with Crippen LogP contribution in [0.25, 0.3) is 22.6 Å². The molecule has 140 valence electrons. The highest BCUT2D eigenvalue weighted by Crippen LogP contribution is 2.34. The number of nitrogens with zero attached hydrogens (tertiary/aromatic N) is 5. The van der Waals surface area contributed by atoms with E-state index >= 15 is 0 Å². The molecular formula is C17H14F3N5OS. The Bertz CT molecular complexity index is 1030. The number of hydrogen-bond acceptors (Lipinski definition) is 6. The summed E-state index contributed by atoms with van der Waals surface area (Å²) in [4.78, 5) is 13.0. The number of pyridine rings is 2. The fourth-order valence-corrected chi connectivity index (χ4v) is 3.30. The molecule has 6 nitrogen and oxygen atoms in total. The van der Waals surface area contributed by atoms with Gasteiger partial charge in [0.05, 0.1) is 23.4 Å². The summed E-state index contributed by atoms with van der Waals surface area (Å²) >= 11 is 1.50. The van der Waals surface area contributed by atoms with Gasteiger partial charge in [-0.2, -0.15) is 18.4 Å². The molecule has 0 atom stereocenters. The average Bonchev–Trinajstić information content (AvgIpc) is 2.96. The Hall–Kier alpha value is -2.80.